The van der Waals surface area contributed by atoms with Crippen molar-refractivity contribution >= 4 is 29.1 Å². The molecular weight excluding hydrogens is 445 g/mol. The number of carbonyl (C=O) groups is 1. The zero-order chi connectivity index (χ0) is 22.1. The molecule has 1 aliphatic heterocycles. The number of hydrogen-bond donors (Lipinski definition) is 1. The van der Waals surface area contributed by atoms with E-state index in [4.69, 9.17) is 27.9 Å². The smallest absolute Gasteiger partial charge is 0.226 e. The van der Waals surface area contributed by atoms with Gasteiger partial charge in [0.05, 0.1) is 17.9 Å². The lowest BCUT2D eigenvalue weighted by molar-refractivity contribution is -0.133. The normalized spacial score (nSPS) is 20.4. The second-order valence-corrected chi connectivity index (χ2v) is 9.39. The highest BCUT2D eigenvalue weighted by atomic mass is 35.5. The van der Waals surface area contributed by atoms with Crippen LogP contribution in [0.4, 0.5) is 0 Å². The summed E-state index contributed by atoms with van der Waals surface area (Å²) in [6.07, 6.45) is 6.31. The van der Waals surface area contributed by atoms with Crippen molar-refractivity contribution in [1.82, 2.24) is 15.1 Å². The third-order valence-electron chi connectivity index (χ3n) is 6.55. The van der Waals surface area contributed by atoms with E-state index in [0.717, 1.165) is 49.0 Å². The fourth-order valence-corrected chi connectivity index (χ4v) is 5.48. The molecule has 1 fully saturated rings. The molecule has 1 saturated heterocycles. The number of aryl methyl sites for hydroxylation is 1. The van der Waals surface area contributed by atoms with E-state index in [1.165, 1.54) is 5.56 Å². The van der Waals surface area contributed by atoms with E-state index in [-0.39, 0.29) is 17.9 Å². The number of nitrogens with zero attached hydrogens (tertiary/aromatic N) is 2. The number of carbonyl (C=O) groups excluding carboxylic acids is 1. The van der Waals surface area contributed by atoms with Crippen molar-refractivity contribution in [3.63, 3.8) is 0 Å². The van der Waals surface area contributed by atoms with Gasteiger partial charge < -0.3 is 9.64 Å². The van der Waals surface area contributed by atoms with Crippen LogP contribution < -0.4 is 4.74 Å². The van der Waals surface area contributed by atoms with Crippen LogP contribution >= 0.6 is 23.2 Å². The molecule has 5 nitrogen and oxygen atoms in total. The first-order valence-corrected chi connectivity index (χ1v) is 11.8. The van der Waals surface area contributed by atoms with Crippen molar-refractivity contribution in [3.8, 4) is 5.75 Å². The monoisotopic (exact) mass is 469 g/mol. The number of aromatic amines is 1. The van der Waals surface area contributed by atoms with Crippen molar-refractivity contribution in [2.45, 2.75) is 44.8 Å². The number of aromatic nitrogens is 2. The Balaban J connectivity index is 1.27. The van der Waals surface area contributed by atoms with Gasteiger partial charge in [-0.05, 0) is 60.9 Å². The molecule has 2 heterocycles. The van der Waals surface area contributed by atoms with E-state index in [9.17, 15) is 4.79 Å². The Hall–Kier alpha value is -2.50. The summed E-state index contributed by atoms with van der Waals surface area (Å²) in [5.41, 5.74) is 4.21. The van der Waals surface area contributed by atoms with Gasteiger partial charge in [-0.15, -0.1) is 0 Å². The van der Waals surface area contributed by atoms with Gasteiger partial charge in [-0.1, -0.05) is 53.5 Å². The van der Waals surface area contributed by atoms with Crippen LogP contribution in [0.5, 0.6) is 5.75 Å². The molecule has 1 amide bonds. The summed E-state index contributed by atoms with van der Waals surface area (Å²) in [4.78, 5) is 15.3. The van der Waals surface area contributed by atoms with Crippen LogP contribution in [0.1, 0.15) is 47.7 Å². The van der Waals surface area contributed by atoms with Crippen molar-refractivity contribution in [3.05, 3.63) is 81.1 Å². The quantitative estimate of drug-likeness (QED) is 0.498. The van der Waals surface area contributed by atoms with Gasteiger partial charge in [-0.3, -0.25) is 9.89 Å². The van der Waals surface area contributed by atoms with Gasteiger partial charge in [0.2, 0.25) is 5.91 Å². The molecule has 1 N–H and O–H groups in total. The van der Waals surface area contributed by atoms with Crippen molar-refractivity contribution < 1.29 is 9.53 Å². The number of halogens is 2. The molecular formula is C25H25Cl2N3O2. The number of rotatable bonds is 6. The van der Waals surface area contributed by atoms with Gasteiger partial charge in [0.15, 0.2) is 0 Å². The maximum absolute atomic E-state index is 13.3. The van der Waals surface area contributed by atoms with Crippen LogP contribution in [0.15, 0.2) is 48.7 Å². The topological polar surface area (TPSA) is 58.2 Å². The fraction of sp³-hybridized carbons (Fsp3) is 0.360. The van der Waals surface area contributed by atoms with Crippen molar-refractivity contribution in [2.24, 2.45) is 5.92 Å². The molecule has 166 valence electrons. The van der Waals surface area contributed by atoms with Gasteiger partial charge in [0, 0.05) is 22.5 Å². The molecule has 1 aliphatic carbocycles. The Morgan fingerprint density at radius 2 is 1.91 bits per heavy atom. The lowest BCUT2D eigenvalue weighted by Gasteiger charge is -2.31. The summed E-state index contributed by atoms with van der Waals surface area (Å²) >= 11 is 13.2. The minimum Gasteiger partial charge on any atom is -0.489 e. The fourth-order valence-electron chi connectivity index (χ4n) is 4.86. The standard InChI is InChI=1S/C25H25Cl2N3O2/c26-21-12-19(32-15-16-5-2-1-3-6-16)13-22(27)20(21)11-17-9-10-30(25(17)31)23-8-4-7-18-14-28-29-24(18)23/h1-3,5-6,12-14,17,23H,4,7-11,15H2,(H,28,29)/t17-,23?/m0/s1. The van der Waals surface area contributed by atoms with Crippen molar-refractivity contribution in [1.29, 1.82) is 0 Å². The lowest BCUT2D eigenvalue weighted by atomic mass is 9.92. The largest absolute Gasteiger partial charge is 0.489 e. The average Bonchev–Trinajstić information content (AvgIpc) is 3.42. The molecule has 2 aromatic carbocycles. The molecule has 0 saturated carbocycles. The van der Waals surface area contributed by atoms with Crippen LogP contribution in [0.2, 0.25) is 10.0 Å². The minimum absolute atomic E-state index is 0.0958. The molecule has 1 aromatic heterocycles. The highest BCUT2D eigenvalue weighted by molar-refractivity contribution is 6.36. The molecule has 0 bridgehead atoms. The number of likely N-dealkylation sites (tertiary alicyclic amines) is 1. The number of nitrogens with one attached hydrogen (secondary N) is 1. The predicted octanol–water partition coefficient (Wildman–Crippen LogP) is 5.76. The van der Waals surface area contributed by atoms with Gasteiger partial charge in [0.1, 0.15) is 12.4 Å². The Morgan fingerprint density at radius 3 is 2.69 bits per heavy atom. The molecule has 5 rings (SSSR count). The van der Waals surface area contributed by atoms with E-state index in [0.29, 0.717) is 28.8 Å². The van der Waals surface area contributed by atoms with E-state index < -0.39 is 0 Å². The van der Waals surface area contributed by atoms with Crippen LogP contribution in [0.25, 0.3) is 0 Å². The van der Waals surface area contributed by atoms with Crippen LogP contribution in [-0.2, 0) is 24.2 Å². The summed E-state index contributed by atoms with van der Waals surface area (Å²) in [5.74, 6) is 0.685. The first-order valence-electron chi connectivity index (χ1n) is 11.1. The van der Waals surface area contributed by atoms with Crippen LogP contribution in [0, 0.1) is 5.92 Å². The number of fused-ring (bicyclic) bond motifs is 1. The number of benzene rings is 2. The maximum atomic E-state index is 13.3. The number of ether oxygens (including phenoxy) is 1. The predicted molar refractivity (Wildman–Crippen MR) is 125 cm³/mol. The number of hydrogen-bond acceptors (Lipinski definition) is 3. The molecule has 3 aromatic rings. The molecule has 7 heteroatoms. The SMILES string of the molecule is O=C1[C@H](Cc2c(Cl)cc(OCc3ccccc3)cc2Cl)CCN1C1CCCc2cn[nH]c21. The molecule has 2 aliphatic rings. The number of H-pyrrole nitrogens is 1. The molecule has 2 atom stereocenters. The van der Waals surface area contributed by atoms with E-state index in [2.05, 4.69) is 10.2 Å². The van der Waals surface area contributed by atoms with Gasteiger partial charge in [0.25, 0.3) is 0 Å². The Kier molecular flexibility index (Phi) is 6.11. The summed E-state index contributed by atoms with van der Waals surface area (Å²) in [6, 6.07) is 13.6. The zero-order valence-electron chi connectivity index (χ0n) is 17.7. The Bertz CT molecular complexity index is 1090. The summed E-state index contributed by atoms with van der Waals surface area (Å²) in [7, 11) is 0. The Labute approximate surface area is 197 Å². The van der Waals surface area contributed by atoms with E-state index >= 15 is 0 Å². The molecule has 0 radical (unpaired) electrons. The summed E-state index contributed by atoms with van der Waals surface area (Å²) < 4.78 is 5.87. The van der Waals surface area contributed by atoms with Crippen molar-refractivity contribution in [2.75, 3.05) is 6.54 Å². The van der Waals surface area contributed by atoms with Gasteiger partial charge >= 0.3 is 0 Å². The summed E-state index contributed by atoms with van der Waals surface area (Å²) in [6.45, 7) is 1.19. The van der Waals surface area contributed by atoms with E-state index in [1.807, 2.05) is 41.4 Å². The third-order valence-corrected chi connectivity index (χ3v) is 7.22. The first-order chi connectivity index (χ1) is 15.6. The minimum atomic E-state index is -0.116. The summed E-state index contributed by atoms with van der Waals surface area (Å²) in [5, 5.41) is 8.40. The zero-order valence-corrected chi connectivity index (χ0v) is 19.2. The average molecular weight is 470 g/mol. The van der Waals surface area contributed by atoms with Crippen LogP contribution in [-0.4, -0.2) is 27.5 Å². The second kappa shape index (κ2) is 9.16. The highest BCUT2D eigenvalue weighted by Crippen LogP contribution is 2.39. The first kappa shape index (κ1) is 21.4. The Morgan fingerprint density at radius 1 is 1.12 bits per heavy atom. The molecule has 0 spiro atoms. The lowest BCUT2D eigenvalue weighted by Crippen LogP contribution is -2.34. The third kappa shape index (κ3) is 4.24. The second-order valence-electron chi connectivity index (χ2n) is 8.58. The highest BCUT2D eigenvalue weighted by Gasteiger charge is 2.39. The molecule has 32 heavy (non-hydrogen) atoms. The molecule has 1 unspecified atom stereocenters. The van der Waals surface area contributed by atoms with Crippen LogP contribution in [0.3, 0.4) is 0 Å². The van der Waals surface area contributed by atoms with Gasteiger partial charge in [-0.2, -0.15) is 5.10 Å². The van der Waals surface area contributed by atoms with Gasteiger partial charge in [-0.25, -0.2) is 0 Å². The maximum Gasteiger partial charge on any atom is 0.226 e. The number of amides is 1. The van der Waals surface area contributed by atoms with E-state index in [1.54, 1.807) is 12.1 Å².